The SMILES string of the molecule is Cc1ccc(NC(=O)C2CCNCC2)cc1F.Cl. The maximum atomic E-state index is 13.3. The van der Waals surface area contributed by atoms with Crippen LogP contribution < -0.4 is 10.6 Å². The Balaban J connectivity index is 0.00000162. The smallest absolute Gasteiger partial charge is 0.227 e. The third-order valence-corrected chi connectivity index (χ3v) is 3.15. The Kier molecular flexibility index (Phi) is 5.56. The van der Waals surface area contributed by atoms with E-state index in [1.165, 1.54) is 6.07 Å². The average Bonchev–Trinajstić information content (AvgIpc) is 2.35. The second-order valence-corrected chi connectivity index (χ2v) is 4.48. The fourth-order valence-corrected chi connectivity index (χ4v) is 2.00. The molecule has 1 fully saturated rings. The lowest BCUT2D eigenvalue weighted by atomic mass is 9.97. The molecule has 0 spiro atoms. The Morgan fingerprint density at radius 1 is 1.39 bits per heavy atom. The van der Waals surface area contributed by atoms with Crippen molar-refractivity contribution >= 4 is 24.0 Å². The number of amides is 1. The molecule has 2 N–H and O–H groups in total. The Bertz CT molecular complexity index is 419. The number of halogens is 2. The van der Waals surface area contributed by atoms with Crippen LogP contribution in [0.1, 0.15) is 18.4 Å². The van der Waals surface area contributed by atoms with E-state index in [-0.39, 0.29) is 30.0 Å². The van der Waals surface area contributed by atoms with Crippen molar-refractivity contribution in [3.63, 3.8) is 0 Å². The van der Waals surface area contributed by atoms with Crippen LogP contribution in [0, 0.1) is 18.7 Å². The molecular weight excluding hydrogens is 255 g/mol. The maximum Gasteiger partial charge on any atom is 0.227 e. The van der Waals surface area contributed by atoms with Crippen LogP contribution >= 0.6 is 12.4 Å². The fraction of sp³-hybridized carbons (Fsp3) is 0.462. The van der Waals surface area contributed by atoms with Crippen molar-refractivity contribution in [2.24, 2.45) is 5.92 Å². The number of anilines is 1. The molecular formula is C13H18ClFN2O. The molecule has 1 aliphatic heterocycles. The molecule has 18 heavy (non-hydrogen) atoms. The Hall–Kier alpha value is -1.13. The van der Waals surface area contributed by atoms with Crippen LogP contribution in [0.5, 0.6) is 0 Å². The molecule has 0 radical (unpaired) electrons. The number of nitrogens with one attached hydrogen (secondary N) is 2. The second kappa shape index (κ2) is 6.71. The highest BCUT2D eigenvalue weighted by atomic mass is 35.5. The number of benzene rings is 1. The summed E-state index contributed by atoms with van der Waals surface area (Å²) in [6.07, 6.45) is 1.69. The van der Waals surface area contributed by atoms with E-state index in [0.717, 1.165) is 25.9 Å². The van der Waals surface area contributed by atoms with Gasteiger partial charge in [0.2, 0.25) is 5.91 Å². The molecule has 1 aliphatic rings. The summed E-state index contributed by atoms with van der Waals surface area (Å²) in [4.78, 5) is 11.9. The third-order valence-electron chi connectivity index (χ3n) is 3.15. The molecule has 1 aromatic rings. The summed E-state index contributed by atoms with van der Waals surface area (Å²) in [7, 11) is 0. The molecule has 1 aromatic carbocycles. The molecule has 0 unspecified atom stereocenters. The summed E-state index contributed by atoms with van der Waals surface area (Å²) in [6, 6.07) is 4.78. The number of piperidine rings is 1. The summed E-state index contributed by atoms with van der Waals surface area (Å²) < 4.78 is 13.3. The van der Waals surface area contributed by atoms with Gasteiger partial charge in [-0.25, -0.2) is 4.39 Å². The number of rotatable bonds is 2. The summed E-state index contributed by atoms with van der Waals surface area (Å²) in [5.74, 6) is -0.247. The summed E-state index contributed by atoms with van der Waals surface area (Å²) in [6.45, 7) is 3.45. The number of aryl methyl sites for hydroxylation is 1. The summed E-state index contributed by atoms with van der Waals surface area (Å²) >= 11 is 0. The summed E-state index contributed by atoms with van der Waals surface area (Å²) in [5, 5.41) is 5.98. The average molecular weight is 273 g/mol. The van der Waals surface area contributed by atoms with Gasteiger partial charge in [-0.2, -0.15) is 0 Å². The first-order valence-electron chi connectivity index (χ1n) is 5.94. The second-order valence-electron chi connectivity index (χ2n) is 4.48. The minimum Gasteiger partial charge on any atom is -0.326 e. The largest absolute Gasteiger partial charge is 0.326 e. The zero-order valence-electron chi connectivity index (χ0n) is 10.3. The van der Waals surface area contributed by atoms with E-state index < -0.39 is 0 Å². The van der Waals surface area contributed by atoms with Crippen LogP contribution in [0.2, 0.25) is 0 Å². The number of hydrogen-bond acceptors (Lipinski definition) is 2. The molecule has 2 rings (SSSR count). The van der Waals surface area contributed by atoms with Gasteiger partial charge in [0.05, 0.1) is 0 Å². The minimum absolute atomic E-state index is 0. The van der Waals surface area contributed by atoms with Crippen LogP contribution in [0.3, 0.4) is 0 Å². The molecule has 0 aliphatic carbocycles. The lowest BCUT2D eigenvalue weighted by Crippen LogP contribution is -2.34. The van der Waals surface area contributed by atoms with Crippen LogP contribution in [0.25, 0.3) is 0 Å². The van der Waals surface area contributed by atoms with Crippen molar-refractivity contribution in [1.29, 1.82) is 0 Å². The number of carbonyl (C=O) groups excluding carboxylic acids is 1. The van der Waals surface area contributed by atoms with Crippen LogP contribution in [0.15, 0.2) is 18.2 Å². The van der Waals surface area contributed by atoms with Gasteiger partial charge in [0.15, 0.2) is 0 Å². The lowest BCUT2D eigenvalue weighted by molar-refractivity contribution is -0.120. The van der Waals surface area contributed by atoms with Gasteiger partial charge in [-0.05, 0) is 50.6 Å². The van der Waals surface area contributed by atoms with Gasteiger partial charge in [0, 0.05) is 11.6 Å². The van der Waals surface area contributed by atoms with E-state index in [0.29, 0.717) is 11.3 Å². The normalized spacial score (nSPS) is 15.9. The van der Waals surface area contributed by atoms with E-state index in [4.69, 9.17) is 0 Å². The van der Waals surface area contributed by atoms with Gasteiger partial charge >= 0.3 is 0 Å². The first-order chi connectivity index (χ1) is 8.16. The van der Waals surface area contributed by atoms with Crippen LogP contribution in [-0.4, -0.2) is 19.0 Å². The molecule has 0 bridgehead atoms. The van der Waals surface area contributed by atoms with Crippen molar-refractivity contribution in [1.82, 2.24) is 5.32 Å². The molecule has 3 nitrogen and oxygen atoms in total. The highest BCUT2D eigenvalue weighted by molar-refractivity contribution is 5.92. The molecule has 1 amide bonds. The molecule has 0 aromatic heterocycles. The van der Waals surface area contributed by atoms with Crippen molar-refractivity contribution in [2.75, 3.05) is 18.4 Å². The Morgan fingerprint density at radius 3 is 2.67 bits per heavy atom. The molecule has 0 saturated carbocycles. The highest BCUT2D eigenvalue weighted by Gasteiger charge is 2.20. The maximum absolute atomic E-state index is 13.3. The topological polar surface area (TPSA) is 41.1 Å². The van der Waals surface area contributed by atoms with Crippen LogP contribution in [-0.2, 0) is 4.79 Å². The standard InChI is InChI=1S/C13H17FN2O.ClH/c1-9-2-3-11(8-12(9)14)16-13(17)10-4-6-15-7-5-10;/h2-3,8,10,15H,4-7H2,1H3,(H,16,17);1H. The van der Waals surface area contributed by atoms with E-state index in [1.54, 1.807) is 19.1 Å². The monoisotopic (exact) mass is 272 g/mol. The third kappa shape index (κ3) is 3.68. The minimum atomic E-state index is -0.284. The predicted octanol–water partition coefficient (Wildman–Crippen LogP) is 2.49. The molecule has 100 valence electrons. The van der Waals surface area contributed by atoms with Crippen molar-refractivity contribution in [3.8, 4) is 0 Å². The Labute approximate surface area is 113 Å². The first kappa shape index (κ1) is 14.9. The van der Waals surface area contributed by atoms with Gasteiger partial charge in [-0.15, -0.1) is 12.4 Å². The van der Waals surface area contributed by atoms with Gasteiger partial charge in [-0.3, -0.25) is 4.79 Å². The Morgan fingerprint density at radius 2 is 2.06 bits per heavy atom. The number of carbonyl (C=O) groups is 1. The molecule has 1 heterocycles. The van der Waals surface area contributed by atoms with Gasteiger partial charge in [-0.1, -0.05) is 6.07 Å². The summed E-state index contributed by atoms with van der Waals surface area (Å²) in [5.41, 5.74) is 1.13. The van der Waals surface area contributed by atoms with E-state index in [1.807, 2.05) is 0 Å². The molecule has 0 atom stereocenters. The highest BCUT2D eigenvalue weighted by Crippen LogP contribution is 2.17. The van der Waals surface area contributed by atoms with Crippen molar-refractivity contribution < 1.29 is 9.18 Å². The molecule has 5 heteroatoms. The van der Waals surface area contributed by atoms with Gasteiger partial charge < -0.3 is 10.6 Å². The van der Waals surface area contributed by atoms with E-state index in [9.17, 15) is 9.18 Å². The van der Waals surface area contributed by atoms with Gasteiger partial charge in [0.25, 0.3) is 0 Å². The van der Waals surface area contributed by atoms with E-state index in [2.05, 4.69) is 10.6 Å². The first-order valence-corrected chi connectivity index (χ1v) is 5.94. The fourth-order valence-electron chi connectivity index (χ4n) is 2.00. The lowest BCUT2D eigenvalue weighted by Gasteiger charge is -2.21. The predicted molar refractivity (Wildman–Crippen MR) is 72.6 cm³/mol. The van der Waals surface area contributed by atoms with Crippen LogP contribution in [0.4, 0.5) is 10.1 Å². The van der Waals surface area contributed by atoms with E-state index >= 15 is 0 Å². The zero-order chi connectivity index (χ0) is 12.3. The van der Waals surface area contributed by atoms with Gasteiger partial charge in [0.1, 0.15) is 5.82 Å². The van der Waals surface area contributed by atoms with Crippen molar-refractivity contribution in [2.45, 2.75) is 19.8 Å². The molecule has 1 saturated heterocycles. The van der Waals surface area contributed by atoms with Crippen molar-refractivity contribution in [3.05, 3.63) is 29.6 Å². The number of hydrogen-bond donors (Lipinski definition) is 2. The zero-order valence-corrected chi connectivity index (χ0v) is 11.1. The quantitative estimate of drug-likeness (QED) is 0.869.